The molecule has 21 heavy (non-hydrogen) atoms. The number of carbonyl (C=O) groups excluding carboxylic acids is 2. The van der Waals surface area contributed by atoms with Gasteiger partial charge in [-0.3, -0.25) is 4.79 Å². The number of hydrogen-bond acceptors (Lipinski definition) is 5. The third kappa shape index (κ3) is 4.42. The van der Waals surface area contributed by atoms with Crippen LogP contribution >= 0.6 is 11.3 Å². The second kappa shape index (κ2) is 6.89. The topological polar surface area (TPSA) is 71.5 Å². The Morgan fingerprint density at radius 1 is 1.57 bits per heavy atom. The Morgan fingerprint density at radius 3 is 2.81 bits per heavy atom. The third-order valence-corrected chi connectivity index (χ3v) is 4.32. The highest BCUT2D eigenvalue weighted by Gasteiger charge is 2.35. The molecule has 1 aromatic heterocycles. The van der Waals surface area contributed by atoms with Crippen LogP contribution in [0.2, 0.25) is 0 Å². The summed E-state index contributed by atoms with van der Waals surface area (Å²) in [6, 6.07) is -0.0354. The Labute approximate surface area is 128 Å². The van der Waals surface area contributed by atoms with Crippen molar-refractivity contribution < 1.29 is 14.3 Å². The van der Waals surface area contributed by atoms with E-state index < -0.39 is 6.09 Å². The number of hydrogen-bond donors (Lipinski definition) is 1. The summed E-state index contributed by atoms with van der Waals surface area (Å²) in [4.78, 5) is 29.3. The van der Waals surface area contributed by atoms with E-state index in [0.29, 0.717) is 12.5 Å². The average Bonchev–Trinajstić information content (AvgIpc) is 3.18. The molecule has 0 aromatic carbocycles. The van der Waals surface area contributed by atoms with Crippen LogP contribution in [-0.2, 0) is 9.53 Å². The van der Waals surface area contributed by atoms with E-state index in [2.05, 4.69) is 10.3 Å². The van der Waals surface area contributed by atoms with Gasteiger partial charge in [-0.1, -0.05) is 0 Å². The van der Waals surface area contributed by atoms with Crippen LogP contribution in [0.5, 0.6) is 0 Å². The molecule has 0 spiro atoms. The van der Waals surface area contributed by atoms with Crippen molar-refractivity contribution in [1.29, 1.82) is 0 Å². The van der Waals surface area contributed by atoms with Crippen molar-refractivity contribution in [2.45, 2.75) is 32.7 Å². The van der Waals surface area contributed by atoms with Crippen molar-refractivity contribution in [3.63, 3.8) is 0 Å². The van der Waals surface area contributed by atoms with E-state index in [1.54, 1.807) is 25.3 Å². The van der Waals surface area contributed by atoms with Gasteiger partial charge in [0.25, 0.3) is 0 Å². The molecule has 116 valence electrons. The summed E-state index contributed by atoms with van der Waals surface area (Å²) in [6.07, 6.45) is 1.73. The Kier molecular flexibility index (Phi) is 5.17. The van der Waals surface area contributed by atoms with Crippen LogP contribution < -0.4 is 5.32 Å². The minimum atomic E-state index is -0.485. The molecule has 7 heteroatoms. The number of amides is 2. The van der Waals surface area contributed by atoms with Crippen LogP contribution in [0.4, 0.5) is 4.79 Å². The van der Waals surface area contributed by atoms with Crippen molar-refractivity contribution in [3.8, 4) is 0 Å². The molecule has 0 saturated heterocycles. The lowest BCUT2D eigenvalue weighted by molar-refractivity contribution is -0.122. The van der Waals surface area contributed by atoms with Crippen LogP contribution in [0.1, 0.15) is 36.5 Å². The molecular weight excluding hydrogens is 290 g/mol. The molecule has 1 heterocycles. The number of nitrogens with one attached hydrogen (secondary N) is 1. The van der Waals surface area contributed by atoms with Crippen LogP contribution in [0.3, 0.4) is 0 Å². The Bertz CT molecular complexity index is 513. The Balaban J connectivity index is 1.91. The highest BCUT2D eigenvalue weighted by atomic mass is 32.1. The smallest absolute Gasteiger partial charge is 0.409 e. The number of nitrogens with zero attached hydrogens (tertiary/aromatic N) is 2. The summed E-state index contributed by atoms with van der Waals surface area (Å²) in [7, 11) is 1.55. The number of likely N-dealkylation sites (N-methyl/N-ethyl adjacent to an activating group) is 1. The molecule has 1 saturated carbocycles. The van der Waals surface area contributed by atoms with Crippen LogP contribution in [-0.4, -0.2) is 42.1 Å². The number of carbonyl (C=O) groups is 2. The molecule has 2 amide bonds. The monoisotopic (exact) mass is 311 g/mol. The van der Waals surface area contributed by atoms with Crippen molar-refractivity contribution in [2.24, 2.45) is 5.92 Å². The molecule has 6 nitrogen and oxygen atoms in total. The fraction of sp³-hybridized carbons (Fsp3) is 0.643. The highest BCUT2D eigenvalue weighted by molar-refractivity contribution is 7.09. The van der Waals surface area contributed by atoms with Gasteiger partial charge in [0.1, 0.15) is 11.6 Å². The summed E-state index contributed by atoms with van der Waals surface area (Å²) in [5, 5.41) is 5.93. The van der Waals surface area contributed by atoms with Gasteiger partial charge in [0.2, 0.25) is 5.91 Å². The van der Waals surface area contributed by atoms with Gasteiger partial charge in [0, 0.05) is 18.1 Å². The first kappa shape index (κ1) is 15.8. The molecule has 1 aromatic rings. The molecular formula is C14H21N3O3S. The molecule has 1 aliphatic rings. The lowest BCUT2D eigenvalue weighted by Gasteiger charge is -2.19. The fourth-order valence-corrected chi connectivity index (χ4v) is 3.00. The zero-order chi connectivity index (χ0) is 15.4. The van der Waals surface area contributed by atoms with E-state index >= 15 is 0 Å². The molecule has 1 aliphatic carbocycles. The summed E-state index contributed by atoms with van der Waals surface area (Å²) >= 11 is 1.57. The van der Waals surface area contributed by atoms with Gasteiger partial charge < -0.3 is 15.0 Å². The van der Waals surface area contributed by atoms with Crippen molar-refractivity contribution in [3.05, 3.63) is 16.1 Å². The van der Waals surface area contributed by atoms with Gasteiger partial charge in [0.05, 0.1) is 12.6 Å². The molecule has 1 fully saturated rings. The zero-order valence-corrected chi connectivity index (χ0v) is 13.4. The second-order valence-corrected chi connectivity index (χ2v) is 6.15. The largest absolute Gasteiger partial charge is 0.450 e. The number of aryl methyl sites for hydroxylation is 1. The van der Waals surface area contributed by atoms with Crippen LogP contribution in [0, 0.1) is 12.8 Å². The Morgan fingerprint density at radius 2 is 2.29 bits per heavy atom. The summed E-state index contributed by atoms with van der Waals surface area (Å²) < 4.78 is 4.85. The minimum absolute atomic E-state index is 0.00753. The van der Waals surface area contributed by atoms with Gasteiger partial charge in [-0.2, -0.15) is 0 Å². The average molecular weight is 311 g/mol. The SMILES string of the molecule is CCOC(=O)N(C)CC(=O)NC(c1nc(C)cs1)C1CC1. The third-order valence-electron chi connectivity index (χ3n) is 3.27. The molecule has 1 unspecified atom stereocenters. The standard InChI is InChI=1S/C14H21N3O3S/c1-4-20-14(19)17(3)7-11(18)16-12(10-5-6-10)13-15-9(2)8-21-13/h8,10,12H,4-7H2,1-3H3,(H,16,18). The van der Waals surface area contributed by atoms with Crippen molar-refractivity contribution in [2.75, 3.05) is 20.2 Å². The number of thiazole rings is 1. The quantitative estimate of drug-likeness (QED) is 0.873. The summed E-state index contributed by atoms with van der Waals surface area (Å²) in [5.74, 6) is 0.280. The molecule has 0 radical (unpaired) electrons. The van der Waals surface area contributed by atoms with E-state index in [1.807, 2.05) is 12.3 Å². The number of rotatable bonds is 6. The maximum absolute atomic E-state index is 12.1. The van der Waals surface area contributed by atoms with Crippen molar-refractivity contribution >= 4 is 23.3 Å². The van der Waals surface area contributed by atoms with Gasteiger partial charge >= 0.3 is 6.09 Å². The summed E-state index contributed by atoms with van der Waals surface area (Å²) in [6.45, 7) is 3.97. The first-order chi connectivity index (χ1) is 10.0. The van der Waals surface area contributed by atoms with E-state index in [4.69, 9.17) is 4.74 Å². The molecule has 1 N–H and O–H groups in total. The lowest BCUT2D eigenvalue weighted by Crippen LogP contribution is -2.40. The molecule has 2 rings (SSSR count). The van der Waals surface area contributed by atoms with Gasteiger partial charge in [-0.15, -0.1) is 11.3 Å². The zero-order valence-electron chi connectivity index (χ0n) is 12.6. The van der Waals surface area contributed by atoms with E-state index in [0.717, 1.165) is 23.5 Å². The van der Waals surface area contributed by atoms with E-state index in [1.165, 1.54) is 4.90 Å². The molecule has 0 aliphatic heterocycles. The Hall–Kier alpha value is -1.63. The number of aromatic nitrogens is 1. The van der Waals surface area contributed by atoms with Gasteiger partial charge in [-0.05, 0) is 32.6 Å². The predicted octanol–water partition coefficient (Wildman–Crippen LogP) is 2.11. The fourth-order valence-electron chi connectivity index (χ4n) is 2.06. The van der Waals surface area contributed by atoms with Crippen LogP contribution in [0.25, 0.3) is 0 Å². The van der Waals surface area contributed by atoms with Crippen LogP contribution in [0.15, 0.2) is 5.38 Å². The highest BCUT2D eigenvalue weighted by Crippen LogP contribution is 2.41. The maximum atomic E-state index is 12.1. The second-order valence-electron chi connectivity index (χ2n) is 5.26. The van der Waals surface area contributed by atoms with E-state index in [9.17, 15) is 9.59 Å². The molecule has 1 atom stereocenters. The minimum Gasteiger partial charge on any atom is -0.450 e. The first-order valence-electron chi connectivity index (χ1n) is 7.10. The maximum Gasteiger partial charge on any atom is 0.409 e. The van der Waals surface area contributed by atoms with Crippen molar-refractivity contribution in [1.82, 2.24) is 15.2 Å². The molecule has 0 bridgehead atoms. The predicted molar refractivity (Wildman–Crippen MR) is 80.1 cm³/mol. The van der Waals surface area contributed by atoms with E-state index in [-0.39, 0.29) is 18.5 Å². The van der Waals surface area contributed by atoms with Gasteiger partial charge in [-0.25, -0.2) is 9.78 Å². The summed E-state index contributed by atoms with van der Waals surface area (Å²) in [5.41, 5.74) is 0.971. The van der Waals surface area contributed by atoms with Gasteiger partial charge in [0.15, 0.2) is 0 Å². The first-order valence-corrected chi connectivity index (χ1v) is 7.98. The lowest BCUT2D eigenvalue weighted by atomic mass is 10.2. The normalized spacial score (nSPS) is 15.4. The number of ether oxygens (including phenoxy) is 1.